The Bertz CT molecular complexity index is 246. The summed E-state index contributed by atoms with van der Waals surface area (Å²) in [6.45, 7) is 2.24. The van der Waals surface area contributed by atoms with Crippen molar-refractivity contribution in [1.29, 1.82) is 0 Å². The van der Waals surface area contributed by atoms with Crippen LogP contribution in [-0.4, -0.2) is 5.78 Å². The molecule has 2 aliphatic rings. The Hall–Kier alpha value is -0.330. The monoisotopic (exact) mass is 236 g/mol. The molecule has 2 fully saturated rings. The molecule has 0 saturated heterocycles. The normalized spacial score (nSPS) is 31.0. The molecule has 3 atom stereocenters. The maximum Gasteiger partial charge on any atom is 0.133 e. The van der Waals surface area contributed by atoms with Crippen LogP contribution in [0.5, 0.6) is 0 Å². The van der Waals surface area contributed by atoms with Gasteiger partial charge in [-0.05, 0) is 43.4 Å². The minimum atomic E-state index is 0.555. The number of ketones is 1. The number of fused-ring (bicyclic) bond motifs is 2. The van der Waals surface area contributed by atoms with Gasteiger partial charge in [-0.2, -0.15) is 0 Å². The van der Waals surface area contributed by atoms with E-state index in [2.05, 4.69) is 6.92 Å². The molecule has 1 heteroatoms. The molecular formula is C16H28O. The van der Waals surface area contributed by atoms with Crippen molar-refractivity contribution in [2.24, 2.45) is 17.8 Å². The summed E-state index contributed by atoms with van der Waals surface area (Å²) in [6.07, 6.45) is 13.8. The van der Waals surface area contributed by atoms with Gasteiger partial charge in [-0.25, -0.2) is 0 Å². The highest BCUT2D eigenvalue weighted by Gasteiger charge is 2.39. The summed E-state index contributed by atoms with van der Waals surface area (Å²) in [4.78, 5) is 11.9. The van der Waals surface area contributed by atoms with Crippen molar-refractivity contribution in [2.45, 2.75) is 77.6 Å². The van der Waals surface area contributed by atoms with Crippen LogP contribution in [0.25, 0.3) is 0 Å². The molecule has 0 N–H and O–H groups in total. The van der Waals surface area contributed by atoms with Crippen molar-refractivity contribution in [2.75, 3.05) is 0 Å². The Labute approximate surface area is 106 Å². The summed E-state index contributed by atoms with van der Waals surface area (Å²) < 4.78 is 0. The number of carbonyl (C=O) groups excluding carboxylic acids is 1. The zero-order chi connectivity index (χ0) is 12.1. The molecule has 2 saturated carbocycles. The molecule has 2 rings (SSSR count). The number of rotatable bonds is 8. The first kappa shape index (κ1) is 13.1. The second kappa shape index (κ2) is 6.56. The summed E-state index contributed by atoms with van der Waals surface area (Å²) in [7, 11) is 0. The molecule has 0 aliphatic heterocycles. The van der Waals surface area contributed by atoms with Crippen LogP contribution in [0.2, 0.25) is 0 Å². The lowest BCUT2D eigenvalue weighted by molar-refractivity contribution is -0.120. The van der Waals surface area contributed by atoms with Crippen molar-refractivity contribution < 1.29 is 4.79 Å². The van der Waals surface area contributed by atoms with E-state index >= 15 is 0 Å². The number of hydrogen-bond acceptors (Lipinski definition) is 1. The molecule has 0 amide bonds. The first-order valence-electron chi connectivity index (χ1n) is 7.81. The van der Waals surface area contributed by atoms with Gasteiger partial charge in [-0.1, -0.05) is 39.0 Å². The number of hydrogen-bond donors (Lipinski definition) is 0. The third-order valence-corrected chi connectivity index (χ3v) is 4.93. The van der Waals surface area contributed by atoms with Crippen LogP contribution < -0.4 is 0 Å². The largest absolute Gasteiger partial charge is 0.300 e. The summed E-state index contributed by atoms with van der Waals surface area (Å²) in [5.74, 6) is 3.24. The van der Waals surface area contributed by atoms with E-state index in [9.17, 15) is 4.79 Å². The van der Waals surface area contributed by atoms with Crippen LogP contribution >= 0.6 is 0 Å². The first-order valence-corrected chi connectivity index (χ1v) is 7.81. The highest BCUT2D eigenvalue weighted by molar-refractivity contribution is 5.78. The van der Waals surface area contributed by atoms with E-state index < -0.39 is 0 Å². The molecular weight excluding hydrogens is 208 g/mol. The summed E-state index contributed by atoms with van der Waals surface area (Å²) in [6, 6.07) is 0. The number of carbonyl (C=O) groups is 1. The molecule has 0 aromatic heterocycles. The van der Waals surface area contributed by atoms with Gasteiger partial charge in [-0.15, -0.1) is 0 Å². The van der Waals surface area contributed by atoms with Gasteiger partial charge in [-0.3, -0.25) is 4.79 Å². The van der Waals surface area contributed by atoms with Crippen molar-refractivity contribution in [3.05, 3.63) is 0 Å². The lowest BCUT2D eigenvalue weighted by Crippen LogP contribution is -2.15. The van der Waals surface area contributed by atoms with Crippen LogP contribution in [0.3, 0.4) is 0 Å². The van der Waals surface area contributed by atoms with Gasteiger partial charge in [0, 0.05) is 12.8 Å². The van der Waals surface area contributed by atoms with E-state index in [-0.39, 0.29) is 0 Å². The summed E-state index contributed by atoms with van der Waals surface area (Å²) >= 11 is 0. The Balaban J connectivity index is 1.55. The molecule has 0 spiro atoms. The third-order valence-electron chi connectivity index (χ3n) is 4.93. The fourth-order valence-electron chi connectivity index (χ4n) is 3.95. The molecule has 0 aromatic carbocycles. The zero-order valence-corrected chi connectivity index (χ0v) is 11.4. The van der Waals surface area contributed by atoms with Crippen molar-refractivity contribution in [3.63, 3.8) is 0 Å². The molecule has 2 aliphatic carbocycles. The van der Waals surface area contributed by atoms with Crippen molar-refractivity contribution in [3.8, 4) is 0 Å². The van der Waals surface area contributed by atoms with Crippen LogP contribution in [0, 0.1) is 17.8 Å². The maximum absolute atomic E-state index is 11.9. The minimum absolute atomic E-state index is 0.555. The van der Waals surface area contributed by atoms with Gasteiger partial charge in [0.1, 0.15) is 5.78 Å². The van der Waals surface area contributed by atoms with Gasteiger partial charge in [0.25, 0.3) is 0 Å². The van der Waals surface area contributed by atoms with Crippen LogP contribution in [0.15, 0.2) is 0 Å². The molecule has 98 valence electrons. The highest BCUT2D eigenvalue weighted by Crippen LogP contribution is 2.49. The molecule has 17 heavy (non-hydrogen) atoms. The zero-order valence-electron chi connectivity index (χ0n) is 11.4. The Morgan fingerprint density at radius 2 is 1.88 bits per heavy atom. The first-order chi connectivity index (χ1) is 8.29. The van der Waals surface area contributed by atoms with Crippen molar-refractivity contribution >= 4 is 5.78 Å². The van der Waals surface area contributed by atoms with E-state index in [1.54, 1.807) is 0 Å². The summed E-state index contributed by atoms with van der Waals surface area (Å²) in [5.41, 5.74) is 0. The van der Waals surface area contributed by atoms with Crippen LogP contribution in [-0.2, 0) is 4.79 Å². The van der Waals surface area contributed by atoms with E-state index in [0.717, 1.165) is 37.0 Å². The van der Waals surface area contributed by atoms with Gasteiger partial charge in [0.05, 0.1) is 0 Å². The Kier molecular flexibility index (Phi) is 5.06. The van der Waals surface area contributed by atoms with Gasteiger partial charge < -0.3 is 0 Å². The number of unbranched alkanes of at least 4 members (excludes halogenated alkanes) is 4. The Morgan fingerprint density at radius 3 is 2.53 bits per heavy atom. The quantitative estimate of drug-likeness (QED) is 0.556. The van der Waals surface area contributed by atoms with E-state index in [4.69, 9.17) is 0 Å². The van der Waals surface area contributed by atoms with E-state index in [1.165, 1.54) is 51.4 Å². The van der Waals surface area contributed by atoms with E-state index in [0.29, 0.717) is 5.78 Å². The molecule has 1 nitrogen and oxygen atoms in total. The average Bonchev–Trinajstić information content (AvgIpc) is 2.90. The molecule has 2 bridgehead atoms. The molecule has 3 unspecified atom stereocenters. The lowest BCUT2D eigenvalue weighted by atomic mass is 9.84. The molecule has 0 aromatic rings. The van der Waals surface area contributed by atoms with Gasteiger partial charge in [0.2, 0.25) is 0 Å². The van der Waals surface area contributed by atoms with E-state index in [1.807, 2.05) is 0 Å². The highest BCUT2D eigenvalue weighted by atomic mass is 16.1. The number of Topliss-reactive ketones (excluding diaryl/α,β-unsaturated/α-hetero) is 1. The van der Waals surface area contributed by atoms with Crippen molar-refractivity contribution in [1.82, 2.24) is 0 Å². The van der Waals surface area contributed by atoms with Gasteiger partial charge in [0.15, 0.2) is 0 Å². The maximum atomic E-state index is 11.9. The third kappa shape index (κ3) is 3.82. The predicted molar refractivity (Wildman–Crippen MR) is 71.9 cm³/mol. The predicted octanol–water partition coefficient (Wildman–Crippen LogP) is 4.74. The SMILES string of the molecule is CCCCCCCC(=O)CC1CC2CCC1C2. The van der Waals surface area contributed by atoms with Crippen LogP contribution in [0.4, 0.5) is 0 Å². The Morgan fingerprint density at radius 1 is 1.06 bits per heavy atom. The smallest absolute Gasteiger partial charge is 0.133 e. The second-order valence-electron chi connectivity index (χ2n) is 6.34. The lowest BCUT2D eigenvalue weighted by Gasteiger charge is -2.20. The minimum Gasteiger partial charge on any atom is -0.300 e. The molecule has 0 heterocycles. The fourth-order valence-corrected chi connectivity index (χ4v) is 3.95. The second-order valence-corrected chi connectivity index (χ2v) is 6.34. The standard InChI is InChI=1S/C16H28O/c1-2-3-4-5-6-7-16(17)12-15-11-13-8-9-14(15)10-13/h13-15H,2-12H2,1H3. The van der Waals surface area contributed by atoms with Gasteiger partial charge >= 0.3 is 0 Å². The van der Waals surface area contributed by atoms with Crippen LogP contribution in [0.1, 0.15) is 77.6 Å². The molecule has 0 radical (unpaired) electrons. The fraction of sp³-hybridized carbons (Fsp3) is 0.938. The summed E-state index contributed by atoms with van der Waals surface area (Å²) in [5, 5.41) is 0. The average molecular weight is 236 g/mol. The topological polar surface area (TPSA) is 17.1 Å².